The van der Waals surface area contributed by atoms with Gasteiger partial charge in [-0.1, -0.05) is 77.6 Å². The Balaban J connectivity index is 3.70. The van der Waals surface area contributed by atoms with E-state index in [-0.39, 0.29) is 4.92 Å². The number of unbranched alkanes of at least 4 members (excludes halogenated alkanes) is 12. The van der Waals surface area contributed by atoms with Gasteiger partial charge in [-0.25, -0.2) is 0 Å². The van der Waals surface area contributed by atoms with Crippen LogP contribution in [0, 0.1) is 10.1 Å². The molecule has 2 atom stereocenters. The van der Waals surface area contributed by atoms with Crippen LogP contribution >= 0.6 is 0 Å². The fourth-order valence-electron chi connectivity index (χ4n) is 3.23. The molecule has 0 aromatic carbocycles. The molecule has 0 aromatic heterocycles. The Morgan fingerprint density at radius 3 is 1.84 bits per heavy atom. The summed E-state index contributed by atoms with van der Waals surface area (Å²) in [5, 5.41) is 21.3. The first-order chi connectivity index (χ1) is 12.1. The SMILES string of the molecule is CCCCCCCCC(C(O)CCCCCCCCCC=O)[N+](=O)[O-]. The molecule has 0 radical (unpaired) electrons. The molecule has 0 amide bonds. The van der Waals surface area contributed by atoms with Gasteiger partial charge >= 0.3 is 0 Å². The summed E-state index contributed by atoms with van der Waals surface area (Å²) in [5.41, 5.74) is 0. The molecule has 0 aromatic rings. The average molecular weight is 358 g/mol. The van der Waals surface area contributed by atoms with Crippen molar-refractivity contribution in [1.29, 1.82) is 0 Å². The van der Waals surface area contributed by atoms with Gasteiger partial charge in [0, 0.05) is 17.8 Å². The Bertz CT molecular complexity index is 323. The molecule has 1 N–H and O–H groups in total. The predicted octanol–water partition coefficient (Wildman–Crippen LogP) is 5.45. The summed E-state index contributed by atoms with van der Waals surface area (Å²) < 4.78 is 0. The van der Waals surface area contributed by atoms with Crippen molar-refractivity contribution < 1.29 is 14.8 Å². The molecular weight excluding hydrogens is 318 g/mol. The van der Waals surface area contributed by atoms with Crippen molar-refractivity contribution in [2.24, 2.45) is 0 Å². The van der Waals surface area contributed by atoms with Crippen molar-refractivity contribution in [2.75, 3.05) is 0 Å². The Hall–Kier alpha value is -0.970. The van der Waals surface area contributed by atoms with Crippen molar-refractivity contribution in [3.8, 4) is 0 Å². The number of aldehydes is 1. The fraction of sp³-hybridized carbons (Fsp3) is 0.950. The lowest BCUT2D eigenvalue weighted by atomic mass is 9.98. The molecule has 0 aliphatic carbocycles. The van der Waals surface area contributed by atoms with E-state index < -0.39 is 12.1 Å². The largest absolute Gasteiger partial charge is 0.386 e. The average Bonchev–Trinajstić information content (AvgIpc) is 2.59. The normalized spacial score (nSPS) is 13.5. The first-order valence-electron chi connectivity index (χ1n) is 10.4. The summed E-state index contributed by atoms with van der Waals surface area (Å²) in [6, 6.07) is -0.797. The van der Waals surface area contributed by atoms with Crippen LogP contribution in [0.15, 0.2) is 0 Å². The summed E-state index contributed by atoms with van der Waals surface area (Å²) in [6.07, 6.45) is 15.9. The fourth-order valence-corrected chi connectivity index (χ4v) is 3.23. The molecule has 0 rings (SSSR count). The molecule has 0 spiro atoms. The summed E-state index contributed by atoms with van der Waals surface area (Å²) in [7, 11) is 0. The summed E-state index contributed by atoms with van der Waals surface area (Å²) in [6.45, 7) is 2.17. The third kappa shape index (κ3) is 15.0. The van der Waals surface area contributed by atoms with Crippen LogP contribution in [0.25, 0.3) is 0 Å². The molecule has 148 valence electrons. The van der Waals surface area contributed by atoms with Gasteiger partial charge in [0.05, 0.1) is 0 Å². The molecular formula is C20H39NO4. The lowest BCUT2D eigenvalue weighted by Gasteiger charge is -2.16. The van der Waals surface area contributed by atoms with Crippen LogP contribution in [0.1, 0.15) is 110 Å². The maximum atomic E-state index is 11.2. The third-order valence-corrected chi connectivity index (χ3v) is 4.89. The molecule has 2 unspecified atom stereocenters. The van der Waals surface area contributed by atoms with E-state index in [9.17, 15) is 20.0 Å². The van der Waals surface area contributed by atoms with Crippen LogP contribution in [0.3, 0.4) is 0 Å². The van der Waals surface area contributed by atoms with Crippen molar-refractivity contribution in [1.82, 2.24) is 0 Å². The van der Waals surface area contributed by atoms with E-state index in [0.717, 1.165) is 70.5 Å². The van der Waals surface area contributed by atoms with Gasteiger partial charge in [-0.15, -0.1) is 0 Å². The van der Waals surface area contributed by atoms with Gasteiger partial charge in [0.15, 0.2) is 0 Å². The minimum Gasteiger partial charge on any atom is -0.386 e. The highest BCUT2D eigenvalue weighted by Gasteiger charge is 2.28. The van der Waals surface area contributed by atoms with Gasteiger partial charge in [0.25, 0.3) is 0 Å². The quantitative estimate of drug-likeness (QED) is 0.144. The second-order valence-corrected chi connectivity index (χ2v) is 7.20. The highest BCUT2D eigenvalue weighted by atomic mass is 16.6. The van der Waals surface area contributed by atoms with Gasteiger partial charge in [0.1, 0.15) is 12.4 Å². The lowest BCUT2D eigenvalue weighted by molar-refractivity contribution is -0.535. The minimum atomic E-state index is -0.807. The zero-order valence-electron chi connectivity index (χ0n) is 16.2. The van der Waals surface area contributed by atoms with Gasteiger partial charge in [0.2, 0.25) is 6.04 Å². The van der Waals surface area contributed by atoms with Crippen molar-refractivity contribution in [2.45, 2.75) is 122 Å². The minimum absolute atomic E-state index is 0.288. The second-order valence-electron chi connectivity index (χ2n) is 7.20. The highest BCUT2D eigenvalue weighted by Crippen LogP contribution is 2.17. The Labute approximate surface area is 153 Å². The van der Waals surface area contributed by atoms with E-state index in [0.29, 0.717) is 19.3 Å². The molecule has 5 nitrogen and oxygen atoms in total. The van der Waals surface area contributed by atoms with Gasteiger partial charge in [-0.05, 0) is 19.3 Å². The standard InChI is InChI=1S/C20H39NO4/c1-2-3-4-5-10-13-16-19(21(24)25)20(23)17-14-11-8-6-7-9-12-15-18-22/h18-20,23H,2-17H2,1H3. The van der Waals surface area contributed by atoms with E-state index in [1.165, 1.54) is 19.3 Å². The Kier molecular flexibility index (Phi) is 17.1. The van der Waals surface area contributed by atoms with Crippen LogP contribution in [0.5, 0.6) is 0 Å². The van der Waals surface area contributed by atoms with Crippen LogP contribution in [0.2, 0.25) is 0 Å². The van der Waals surface area contributed by atoms with Crippen molar-refractivity contribution >= 4 is 6.29 Å². The van der Waals surface area contributed by atoms with E-state index in [1.54, 1.807) is 0 Å². The molecule has 0 aliphatic heterocycles. The van der Waals surface area contributed by atoms with Gasteiger partial charge < -0.3 is 9.90 Å². The smallest absolute Gasteiger partial charge is 0.238 e. The maximum Gasteiger partial charge on any atom is 0.238 e. The van der Waals surface area contributed by atoms with Crippen LogP contribution in [0.4, 0.5) is 0 Å². The highest BCUT2D eigenvalue weighted by molar-refractivity contribution is 5.48. The number of nitro groups is 1. The van der Waals surface area contributed by atoms with E-state index in [1.807, 2.05) is 0 Å². The Morgan fingerprint density at radius 1 is 0.840 bits per heavy atom. The summed E-state index contributed by atoms with van der Waals surface area (Å²) in [4.78, 5) is 21.1. The molecule has 0 heterocycles. The lowest BCUT2D eigenvalue weighted by Crippen LogP contribution is -2.33. The van der Waals surface area contributed by atoms with Crippen molar-refractivity contribution in [3.05, 3.63) is 10.1 Å². The maximum absolute atomic E-state index is 11.2. The molecule has 0 aliphatic rings. The van der Waals surface area contributed by atoms with Crippen molar-refractivity contribution in [3.63, 3.8) is 0 Å². The molecule has 0 saturated heterocycles. The molecule has 25 heavy (non-hydrogen) atoms. The van der Waals surface area contributed by atoms with Crippen LogP contribution < -0.4 is 0 Å². The number of nitrogens with zero attached hydrogens (tertiary/aromatic N) is 1. The number of hydrogen-bond acceptors (Lipinski definition) is 4. The van der Waals surface area contributed by atoms with Gasteiger partial charge in [-0.2, -0.15) is 0 Å². The topological polar surface area (TPSA) is 80.4 Å². The number of carbonyl (C=O) groups excluding carboxylic acids is 1. The number of carbonyl (C=O) groups is 1. The van der Waals surface area contributed by atoms with Gasteiger partial charge in [-0.3, -0.25) is 10.1 Å². The molecule has 5 heteroatoms. The number of hydrogen-bond donors (Lipinski definition) is 1. The molecule has 0 fully saturated rings. The first-order valence-corrected chi connectivity index (χ1v) is 10.4. The molecule has 0 bridgehead atoms. The van der Waals surface area contributed by atoms with Crippen LogP contribution in [-0.4, -0.2) is 28.5 Å². The first kappa shape index (κ1) is 24.0. The van der Waals surface area contributed by atoms with E-state index in [2.05, 4.69) is 6.92 Å². The monoisotopic (exact) mass is 357 g/mol. The zero-order valence-corrected chi connectivity index (χ0v) is 16.2. The van der Waals surface area contributed by atoms with E-state index >= 15 is 0 Å². The van der Waals surface area contributed by atoms with E-state index in [4.69, 9.17) is 0 Å². The summed E-state index contributed by atoms with van der Waals surface area (Å²) >= 11 is 0. The van der Waals surface area contributed by atoms with Crippen LogP contribution in [-0.2, 0) is 4.79 Å². The third-order valence-electron chi connectivity index (χ3n) is 4.89. The predicted molar refractivity (Wildman–Crippen MR) is 102 cm³/mol. The number of rotatable bonds is 19. The molecule has 0 saturated carbocycles. The number of aliphatic hydroxyl groups excluding tert-OH is 1. The summed E-state index contributed by atoms with van der Waals surface area (Å²) in [5.74, 6) is 0. The Morgan fingerprint density at radius 2 is 1.32 bits per heavy atom. The number of aliphatic hydroxyl groups is 1. The zero-order chi connectivity index (χ0) is 18.8. The second kappa shape index (κ2) is 17.8.